The second-order valence-corrected chi connectivity index (χ2v) is 6.89. The van der Waals surface area contributed by atoms with Crippen LogP contribution in [0.15, 0.2) is 85.0 Å². The summed E-state index contributed by atoms with van der Waals surface area (Å²) in [5, 5.41) is 3.52. The van der Waals surface area contributed by atoms with E-state index in [0.717, 1.165) is 32.6 Å². The molecule has 1 aliphatic carbocycles. The van der Waals surface area contributed by atoms with Gasteiger partial charge in [0.05, 0.1) is 5.54 Å². The lowest BCUT2D eigenvalue weighted by atomic mass is 9.69. The predicted molar refractivity (Wildman–Crippen MR) is 104 cm³/mol. The summed E-state index contributed by atoms with van der Waals surface area (Å²) in [4.78, 5) is 2.70. The lowest BCUT2D eigenvalue weighted by Gasteiger charge is -2.51. The van der Waals surface area contributed by atoms with Crippen LogP contribution in [0.3, 0.4) is 0 Å². The van der Waals surface area contributed by atoms with Gasteiger partial charge in [0.2, 0.25) is 0 Å². The second kappa shape index (κ2) is 7.38. The highest BCUT2D eigenvalue weighted by Crippen LogP contribution is 2.45. The van der Waals surface area contributed by atoms with E-state index in [1.54, 1.807) is 0 Å². The van der Waals surface area contributed by atoms with E-state index in [2.05, 4.69) is 95.2 Å². The molecule has 2 heteroatoms. The monoisotopic (exact) mass is 330 g/mol. The molecule has 0 bridgehead atoms. The Bertz CT molecular complexity index is 688. The summed E-state index contributed by atoms with van der Waals surface area (Å²) in [5.74, 6) is 0.431. The maximum absolute atomic E-state index is 3.52. The Labute approximate surface area is 150 Å². The van der Waals surface area contributed by atoms with E-state index in [-0.39, 0.29) is 5.54 Å². The first-order valence-electron chi connectivity index (χ1n) is 9.32. The maximum Gasteiger partial charge on any atom is 0.0783 e. The average molecular weight is 330 g/mol. The van der Waals surface area contributed by atoms with Gasteiger partial charge in [0.15, 0.2) is 0 Å². The highest BCUT2D eigenvalue weighted by molar-refractivity contribution is 5.42. The van der Waals surface area contributed by atoms with Crippen LogP contribution >= 0.6 is 0 Å². The van der Waals surface area contributed by atoms with Crippen LogP contribution in [0.2, 0.25) is 0 Å². The molecule has 25 heavy (non-hydrogen) atoms. The van der Waals surface area contributed by atoms with Crippen LogP contribution in [0.25, 0.3) is 0 Å². The van der Waals surface area contributed by atoms with Crippen molar-refractivity contribution in [2.45, 2.75) is 12.0 Å². The first-order valence-corrected chi connectivity index (χ1v) is 9.32. The number of nitrogens with one attached hydrogen (secondary N) is 1. The number of hydrogen-bond donors (Lipinski definition) is 1. The van der Waals surface area contributed by atoms with E-state index in [0.29, 0.717) is 5.92 Å². The summed E-state index contributed by atoms with van der Waals surface area (Å²) < 4.78 is 0. The van der Waals surface area contributed by atoms with Gasteiger partial charge in [-0.1, -0.05) is 85.0 Å². The van der Waals surface area contributed by atoms with Gasteiger partial charge in [0, 0.05) is 32.1 Å². The molecule has 1 saturated heterocycles. The summed E-state index contributed by atoms with van der Waals surface area (Å²) in [6, 6.07) is 22.2. The zero-order valence-electron chi connectivity index (χ0n) is 14.6. The number of rotatable bonds is 4. The minimum absolute atomic E-state index is 0.119. The molecule has 2 aromatic carbocycles. The Morgan fingerprint density at radius 1 is 0.800 bits per heavy atom. The topological polar surface area (TPSA) is 15.3 Å². The highest BCUT2D eigenvalue weighted by Gasteiger charge is 2.45. The molecular formula is C23H26N2. The van der Waals surface area contributed by atoms with Gasteiger partial charge >= 0.3 is 0 Å². The predicted octanol–water partition coefficient (Wildman–Crippen LogP) is 3.97. The molecule has 1 unspecified atom stereocenters. The molecular weight excluding hydrogens is 304 g/mol. The summed E-state index contributed by atoms with van der Waals surface area (Å²) >= 11 is 0. The Morgan fingerprint density at radius 3 is 1.92 bits per heavy atom. The van der Waals surface area contributed by atoms with Gasteiger partial charge in [-0.2, -0.15) is 0 Å². The van der Waals surface area contributed by atoms with Crippen molar-refractivity contribution in [1.82, 2.24) is 10.2 Å². The fourth-order valence-electron chi connectivity index (χ4n) is 4.49. The minimum atomic E-state index is -0.119. The number of allylic oxidation sites excluding steroid dienone is 3. The Kier molecular flexibility index (Phi) is 4.82. The van der Waals surface area contributed by atoms with Crippen LogP contribution in [0, 0.1) is 5.92 Å². The van der Waals surface area contributed by atoms with E-state index >= 15 is 0 Å². The molecule has 0 radical (unpaired) electrons. The van der Waals surface area contributed by atoms with Crippen molar-refractivity contribution in [3.63, 3.8) is 0 Å². The fraction of sp³-hybridized carbons (Fsp3) is 0.304. The molecule has 1 N–H and O–H groups in total. The Morgan fingerprint density at radius 2 is 1.40 bits per heavy atom. The second-order valence-electron chi connectivity index (χ2n) is 6.89. The number of benzene rings is 2. The highest BCUT2D eigenvalue weighted by atomic mass is 15.2. The van der Waals surface area contributed by atoms with Gasteiger partial charge < -0.3 is 5.32 Å². The normalized spacial score (nSPS) is 21.4. The van der Waals surface area contributed by atoms with Crippen molar-refractivity contribution in [2.24, 2.45) is 5.92 Å². The van der Waals surface area contributed by atoms with Crippen LogP contribution in [0.4, 0.5) is 0 Å². The van der Waals surface area contributed by atoms with Crippen molar-refractivity contribution in [2.75, 3.05) is 26.2 Å². The van der Waals surface area contributed by atoms with E-state index in [9.17, 15) is 0 Å². The van der Waals surface area contributed by atoms with Crippen LogP contribution in [-0.2, 0) is 5.54 Å². The molecule has 1 aliphatic heterocycles. The number of nitrogens with zero attached hydrogens (tertiary/aromatic N) is 1. The van der Waals surface area contributed by atoms with Gasteiger partial charge in [0.1, 0.15) is 0 Å². The fourth-order valence-corrected chi connectivity index (χ4v) is 4.49. The third-order valence-corrected chi connectivity index (χ3v) is 5.56. The van der Waals surface area contributed by atoms with Crippen molar-refractivity contribution in [3.8, 4) is 0 Å². The summed E-state index contributed by atoms with van der Waals surface area (Å²) in [6.45, 7) is 4.23. The van der Waals surface area contributed by atoms with Crippen molar-refractivity contribution < 1.29 is 0 Å². The van der Waals surface area contributed by atoms with E-state index in [1.165, 1.54) is 11.1 Å². The number of hydrogen-bond acceptors (Lipinski definition) is 2. The molecule has 4 rings (SSSR count). The van der Waals surface area contributed by atoms with Gasteiger partial charge in [-0.25, -0.2) is 0 Å². The summed E-state index contributed by atoms with van der Waals surface area (Å²) in [6.07, 6.45) is 10.2. The van der Waals surface area contributed by atoms with E-state index < -0.39 is 0 Å². The third kappa shape index (κ3) is 2.97. The molecule has 0 aromatic heterocycles. The molecule has 1 atom stereocenters. The van der Waals surface area contributed by atoms with Gasteiger partial charge in [-0.3, -0.25) is 4.90 Å². The first kappa shape index (κ1) is 16.3. The van der Waals surface area contributed by atoms with Crippen molar-refractivity contribution in [3.05, 3.63) is 96.1 Å². The van der Waals surface area contributed by atoms with Gasteiger partial charge in [0.25, 0.3) is 0 Å². The quantitative estimate of drug-likeness (QED) is 0.912. The SMILES string of the molecule is C1=CCC(C(c2ccccc2)(c2ccccc2)N2CCNCC2)C=C1. The summed E-state index contributed by atoms with van der Waals surface area (Å²) in [7, 11) is 0. The lowest BCUT2D eigenvalue weighted by Crippen LogP contribution is -2.58. The molecule has 1 fully saturated rings. The standard InChI is InChI=1S/C23H26N2/c1-4-10-20(11-5-1)23(21-12-6-2-7-13-21,22-14-8-3-9-15-22)25-18-16-24-17-19-25/h1-14,22,24H,15-19H2. The first-order chi connectivity index (χ1) is 12.4. The molecule has 0 saturated carbocycles. The minimum Gasteiger partial charge on any atom is -0.314 e. The molecule has 0 amide bonds. The molecule has 2 aromatic rings. The van der Waals surface area contributed by atoms with Crippen LogP contribution in [0.1, 0.15) is 17.5 Å². The average Bonchev–Trinajstić information content (AvgIpc) is 2.72. The van der Waals surface area contributed by atoms with Crippen molar-refractivity contribution >= 4 is 0 Å². The molecule has 0 spiro atoms. The van der Waals surface area contributed by atoms with Crippen molar-refractivity contribution in [1.29, 1.82) is 0 Å². The van der Waals surface area contributed by atoms with Crippen LogP contribution in [0.5, 0.6) is 0 Å². The van der Waals surface area contributed by atoms with E-state index in [4.69, 9.17) is 0 Å². The van der Waals surface area contributed by atoms with Gasteiger partial charge in [-0.05, 0) is 17.5 Å². The van der Waals surface area contributed by atoms with Crippen LogP contribution < -0.4 is 5.32 Å². The molecule has 128 valence electrons. The smallest absolute Gasteiger partial charge is 0.0783 e. The molecule has 1 heterocycles. The van der Waals surface area contributed by atoms with Crippen LogP contribution in [-0.4, -0.2) is 31.1 Å². The van der Waals surface area contributed by atoms with E-state index in [1.807, 2.05) is 0 Å². The zero-order valence-corrected chi connectivity index (χ0v) is 14.6. The summed E-state index contributed by atoms with van der Waals surface area (Å²) in [5.41, 5.74) is 2.67. The lowest BCUT2D eigenvalue weighted by molar-refractivity contribution is 0.0685. The Hall–Kier alpha value is -2.16. The maximum atomic E-state index is 3.52. The third-order valence-electron chi connectivity index (χ3n) is 5.56. The number of piperazine rings is 1. The Balaban J connectivity index is 1.93. The largest absolute Gasteiger partial charge is 0.314 e. The molecule has 2 nitrogen and oxygen atoms in total. The molecule has 2 aliphatic rings. The zero-order chi connectivity index (χ0) is 17.0. The van der Waals surface area contributed by atoms with Gasteiger partial charge in [-0.15, -0.1) is 0 Å².